The molecule has 2 rings (SSSR count). The lowest BCUT2D eigenvalue weighted by atomic mass is 10.0. The number of hydrogen-bond acceptors (Lipinski definition) is 3. The van der Waals surface area contributed by atoms with Crippen molar-refractivity contribution in [3.63, 3.8) is 0 Å². The largest absolute Gasteiger partial charge is 0.354 e. The van der Waals surface area contributed by atoms with Crippen LogP contribution in [0.15, 0.2) is 0 Å². The maximum atomic E-state index is 12.2. The zero-order valence-corrected chi connectivity index (χ0v) is 12.4. The van der Waals surface area contributed by atoms with Crippen molar-refractivity contribution in [1.29, 1.82) is 0 Å². The molecule has 2 aliphatic rings. The Bertz CT molecular complexity index is 300. The standard InChI is InChI=1S/C15H29N3O/c1-11(2)14(18-8-3-4-9-18)10-17-15(19)12-6-5-7-13(12)16/h11-14H,3-10,16H2,1-2H3,(H,17,19). The van der Waals surface area contributed by atoms with Crippen LogP contribution in [0, 0.1) is 11.8 Å². The Morgan fingerprint density at radius 3 is 2.47 bits per heavy atom. The minimum absolute atomic E-state index is 0.0476. The Hall–Kier alpha value is -0.610. The highest BCUT2D eigenvalue weighted by atomic mass is 16.1. The van der Waals surface area contributed by atoms with Gasteiger partial charge in [0.05, 0.1) is 5.92 Å². The summed E-state index contributed by atoms with van der Waals surface area (Å²) in [6.45, 7) is 7.63. The first-order valence-corrected chi connectivity index (χ1v) is 7.87. The number of nitrogens with two attached hydrogens (primary N) is 1. The minimum Gasteiger partial charge on any atom is -0.354 e. The predicted molar refractivity (Wildman–Crippen MR) is 77.8 cm³/mol. The predicted octanol–water partition coefficient (Wildman–Crippen LogP) is 1.35. The fourth-order valence-corrected chi connectivity index (χ4v) is 3.51. The van der Waals surface area contributed by atoms with Crippen molar-refractivity contribution < 1.29 is 4.79 Å². The van der Waals surface area contributed by atoms with Crippen molar-refractivity contribution in [1.82, 2.24) is 10.2 Å². The summed E-state index contributed by atoms with van der Waals surface area (Å²) in [6, 6.07) is 0.549. The molecule has 1 saturated heterocycles. The normalized spacial score (nSPS) is 29.9. The smallest absolute Gasteiger partial charge is 0.224 e. The van der Waals surface area contributed by atoms with Gasteiger partial charge in [-0.05, 0) is 44.7 Å². The Kier molecular flexibility index (Phi) is 5.22. The summed E-state index contributed by atoms with van der Waals surface area (Å²) in [6.07, 6.45) is 5.65. The average Bonchev–Trinajstić information content (AvgIpc) is 3.00. The molecule has 1 amide bonds. The maximum Gasteiger partial charge on any atom is 0.224 e. The molecule has 0 aromatic heterocycles. The van der Waals surface area contributed by atoms with Gasteiger partial charge in [-0.25, -0.2) is 0 Å². The number of amides is 1. The monoisotopic (exact) mass is 267 g/mol. The van der Waals surface area contributed by atoms with Gasteiger partial charge >= 0.3 is 0 Å². The van der Waals surface area contributed by atoms with Gasteiger partial charge in [0.15, 0.2) is 0 Å². The summed E-state index contributed by atoms with van der Waals surface area (Å²) >= 11 is 0. The van der Waals surface area contributed by atoms with Gasteiger partial charge in [0.1, 0.15) is 0 Å². The van der Waals surface area contributed by atoms with E-state index in [0.29, 0.717) is 12.0 Å². The van der Waals surface area contributed by atoms with Gasteiger partial charge in [0.25, 0.3) is 0 Å². The first kappa shape index (κ1) is 14.8. The van der Waals surface area contributed by atoms with E-state index in [1.165, 1.54) is 25.9 Å². The molecule has 19 heavy (non-hydrogen) atoms. The first-order chi connectivity index (χ1) is 9.09. The van der Waals surface area contributed by atoms with Crippen LogP contribution in [0.1, 0.15) is 46.0 Å². The molecule has 1 heterocycles. The molecule has 0 aromatic rings. The van der Waals surface area contributed by atoms with E-state index in [-0.39, 0.29) is 17.9 Å². The molecule has 0 aromatic carbocycles. The first-order valence-electron chi connectivity index (χ1n) is 7.87. The number of nitrogens with one attached hydrogen (secondary N) is 1. The highest BCUT2D eigenvalue weighted by Crippen LogP contribution is 2.24. The Balaban J connectivity index is 1.82. The van der Waals surface area contributed by atoms with E-state index in [2.05, 4.69) is 24.1 Å². The van der Waals surface area contributed by atoms with Gasteiger partial charge in [0.2, 0.25) is 5.91 Å². The zero-order valence-electron chi connectivity index (χ0n) is 12.4. The molecular formula is C15H29N3O. The minimum atomic E-state index is 0.0476. The lowest BCUT2D eigenvalue weighted by Gasteiger charge is -2.31. The lowest BCUT2D eigenvalue weighted by molar-refractivity contribution is -0.125. The average molecular weight is 267 g/mol. The topological polar surface area (TPSA) is 58.4 Å². The second-order valence-electron chi connectivity index (χ2n) is 6.50. The molecule has 1 saturated carbocycles. The number of hydrogen-bond donors (Lipinski definition) is 2. The van der Waals surface area contributed by atoms with Crippen molar-refractivity contribution in [3.05, 3.63) is 0 Å². The fourth-order valence-electron chi connectivity index (χ4n) is 3.51. The molecule has 3 N–H and O–H groups in total. The number of carbonyl (C=O) groups is 1. The van der Waals surface area contributed by atoms with Crippen LogP contribution in [0.3, 0.4) is 0 Å². The second-order valence-corrected chi connectivity index (χ2v) is 6.50. The van der Waals surface area contributed by atoms with Crippen molar-refractivity contribution in [2.75, 3.05) is 19.6 Å². The van der Waals surface area contributed by atoms with Gasteiger partial charge in [0, 0.05) is 18.6 Å². The van der Waals surface area contributed by atoms with E-state index in [9.17, 15) is 4.79 Å². The molecule has 0 bridgehead atoms. The van der Waals surface area contributed by atoms with Gasteiger partial charge in [-0.1, -0.05) is 20.3 Å². The highest BCUT2D eigenvalue weighted by Gasteiger charge is 2.31. The number of nitrogens with zero attached hydrogens (tertiary/aromatic N) is 1. The quantitative estimate of drug-likeness (QED) is 0.790. The van der Waals surface area contributed by atoms with Crippen molar-refractivity contribution in [2.45, 2.75) is 58.0 Å². The van der Waals surface area contributed by atoms with Gasteiger partial charge in [-0.2, -0.15) is 0 Å². The molecule has 3 atom stereocenters. The molecule has 3 unspecified atom stereocenters. The Morgan fingerprint density at radius 2 is 1.95 bits per heavy atom. The van der Waals surface area contributed by atoms with Crippen LogP contribution >= 0.6 is 0 Å². The Labute approximate surface area is 117 Å². The molecule has 110 valence electrons. The van der Waals surface area contributed by atoms with Crippen LogP contribution in [0.4, 0.5) is 0 Å². The SMILES string of the molecule is CC(C)C(CNC(=O)C1CCCC1N)N1CCCC1. The number of rotatable bonds is 5. The van der Waals surface area contributed by atoms with Crippen LogP contribution in [-0.2, 0) is 4.79 Å². The fraction of sp³-hybridized carbons (Fsp3) is 0.933. The van der Waals surface area contributed by atoms with E-state index >= 15 is 0 Å². The van der Waals surface area contributed by atoms with E-state index in [1.807, 2.05) is 0 Å². The van der Waals surface area contributed by atoms with Gasteiger partial charge in [-0.15, -0.1) is 0 Å². The van der Waals surface area contributed by atoms with E-state index in [4.69, 9.17) is 5.73 Å². The summed E-state index contributed by atoms with van der Waals surface area (Å²) in [7, 11) is 0. The third-order valence-electron chi connectivity index (χ3n) is 4.77. The molecule has 0 radical (unpaired) electrons. The second kappa shape index (κ2) is 6.71. The van der Waals surface area contributed by atoms with Crippen LogP contribution < -0.4 is 11.1 Å². The molecular weight excluding hydrogens is 238 g/mol. The summed E-state index contributed by atoms with van der Waals surface area (Å²) < 4.78 is 0. The third kappa shape index (κ3) is 3.69. The zero-order chi connectivity index (χ0) is 13.8. The molecule has 2 fully saturated rings. The Morgan fingerprint density at radius 1 is 1.26 bits per heavy atom. The van der Waals surface area contributed by atoms with Crippen LogP contribution in [-0.4, -0.2) is 42.5 Å². The van der Waals surface area contributed by atoms with Gasteiger partial charge < -0.3 is 11.1 Å². The van der Waals surface area contributed by atoms with Gasteiger partial charge in [-0.3, -0.25) is 9.69 Å². The summed E-state index contributed by atoms with van der Waals surface area (Å²) in [5.74, 6) is 0.803. The van der Waals surface area contributed by atoms with E-state index in [0.717, 1.165) is 25.8 Å². The van der Waals surface area contributed by atoms with Crippen molar-refractivity contribution in [2.24, 2.45) is 17.6 Å². The number of likely N-dealkylation sites (tertiary alicyclic amines) is 1. The summed E-state index contributed by atoms with van der Waals surface area (Å²) in [4.78, 5) is 14.7. The molecule has 4 nitrogen and oxygen atoms in total. The third-order valence-corrected chi connectivity index (χ3v) is 4.77. The van der Waals surface area contributed by atoms with Crippen molar-refractivity contribution in [3.8, 4) is 0 Å². The summed E-state index contributed by atoms with van der Waals surface area (Å²) in [5, 5.41) is 3.15. The van der Waals surface area contributed by atoms with E-state index < -0.39 is 0 Å². The summed E-state index contributed by atoms with van der Waals surface area (Å²) in [5.41, 5.74) is 6.00. The van der Waals surface area contributed by atoms with Crippen LogP contribution in [0.5, 0.6) is 0 Å². The molecule has 1 aliphatic heterocycles. The molecule has 4 heteroatoms. The van der Waals surface area contributed by atoms with Crippen LogP contribution in [0.2, 0.25) is 0 Å². The highest BCUT2D eigenvalue weighted by molar-refractivity contribution is 5.79. The van der Waals surface area contributed by atoms with Crippen molar-refractivity contribution >= 4 is 5.91 Å². The van der Waals surface area contributed by atoms with Crippen LogP contribution in [0.25, 0.3) is 0 Å². The lowest BCUT2D eigenvalue weighted by Crippen LogP contribution is -2.48. The molecule has 0 spiro atoms. The maximum absolute atomic E-state index is 12.2. The molecule has 1 aliphatic carbocycles. The van der Waals surface area contributed by atoms with E-state index in [1.54, 1.807) is 0 Å². The number of carbonyl (C=O) groups excluding carboxylic acids is 1.